The Morgan fingerprint density at radius 2 is 1.05 bits per heavy atom. The van der Waals surface area contributed by atoms with Crippen LogP contribution in [-0.2, 0) is 22.3 Å². The first-order valence-electron chi connectivity index (χ1n) is 16.5. The van der Waals surface area contributed by atoms with Gasteiger partial charge in [0.2, 0.25) is 0 Å². The highest BCUT2D eigenvalue weighted by atomic mass is 16.5. The predicted octanol–water partition coefficient (Wildman–Crippen LogP) is 7.44. The van der Waals surface area contributed by atoms with E-state index in [4.69, 9.17) is 18.9 Å². The van der Waals surface area contributed by atoms with Gasteiger partial charge in [-0.3, -0.25) is 0 Å². The number of rotatable bonds is 22. The molecule has 2 N–H and O–H groups in total. The van der Waals surface area contributed by atoms with Crippen LogP contribution < -0.4 is 9.47 Å². The maximum absolute atomic E-state index is 10.6. The van der Waals surface area contributed by atoms with E-state index in [9.17, 15) is 10.2 Å². The molecule has 0 fully saturated rings. The minimum atomic E-state index is -0.703. The Morgan fingerprint density at radius 1 is 0.619 bits per heavy atom. The topological polar surface area (TPSA) is 77.4 Å². The third-order valence-electron chi connectivity index (χ3n) is 8.49. The van der Waals surface area contributed by atoms with Crippen molar-refractivity contribution in [2.75, 3.05) is 39.6 Å². The van der Waals surface area contributed by atoms with Gasteiger partial charge in [-0.1, -0.05) is 103 Å². The van der Waals surface area contributed by atoms with E-state index in [0.717, 1.165) is 59.1 Å². The van der Waals surface area contributed by atoms with Gasteiger partial charge in [0.05, 0.1) is 13.2 Å². The summed E-state index contributed by atoms with van der Waals surface area (Å²) in [6.45, 7) is 11.1. The van der Waals surface area contributed by atoms with Gasteiger partial charge in [-0.15, -0.1) is 0 Å². The van der Waals surface area contributed by atoms with Gasteiger partial charge in [-0.2, -0.15) is 0 Å². The minimum Gasteiger partial charge on any atom is -0.490 e. The lowest BCUT2D eigenvalue weighted by atomic mass is 9.90. The Labute approximate surface area is 254 Å². The van der Waals surface area contributed by atoms with Crippen molar-refractivity contribution in [2.24, 2.45) is 11.8 Å². The summed E-state index contributed by atoms with van der Waals surface area (Å²) < 4.78 is 24.2. The van der Waals surface area contributed by atoms with Gasteiger partial charge in [0.15, 0.2) is 0 Å². The Balaban J connectivity index is 1.61. The standard InChI is InChI=1S/C36H56O6/c1-5-13-27(7-3)19-21-39-23-29(37)25-41-35-31-15-9-11-17-33(31)36(34-18-12-10-16-32(34)35)42-26-30(38)24-40-22-20-28(8-4)14-6-2/h9-12,15,17,27-30,37-38H,5-8,13-14,16,18-26H2,1-4H3. The van der Waals surface area contributed by atoms with Crippen molar-refractivity contribution in [3.05, 3.63) is 47.5 Å². The molecule has 0 radical (unpaired) electrons. The Bertz CT molecular complexity index is 984. The molecule has 6 heteroatoms. The summed E-state index contributed by atoms with van der Waals surface area (Å²) in [5.74, 6) is 2.97. The van der Waals surface area contributed by atoms with E-state index in [1.54, 1.807) is 0 Å². The average Bonchev–Trinajstić information content (AvgIpc) is 3.01. The van der Waals surface area contributed by atoms with Gasteiger partial charge < -0.3 is 29.2 Å². The molecule has 4 unspecified atom stereocenters. The zero-order chi connectivity index (χ0) is 30.2. The number of aliphatic hydroxyl groups excluding tert-OH is 2. The normalized spacial score (nSPS) is 15.8. The number of aliphatic hydroxyl groups is 2. The van der Waals surface area contributed by atoms with E-state index in [2.05, 4.69) is 39.8 Å². The molecule has 2 aromatic rings. The molecule has 1 aliphatic carbocycles. The molecule has 0 bridgehead atoms. The van der Waals surface area contributed by atoms with Crippen molar-refractivity contribution in [3.63, 3.8) is 0 Å². The van der Waals surface area contributed by atoms with Crippen molar-refractivity contribution in [1.82, 2.24) is 0 Å². The number of ether oxygens (including phenoxy) is 4. The van der Waals surface area contributed by atoms with E-state index < -0.39 is 12.2 Å². The van der Waals surface area contributed by atoms with Gasteiger partial charge in [0.1, 0.15) is 36.9 Å². The summed E-state index contributed by atoms with van der Waals surface area (Å²) in [5, 5.41) is 23.2. The molecule has 4 atom stereocenters. The van der Waals surface area contributed by atoms with Crippen molar-refractivity contribution in [1.29, 1.82) is 0 Å². The van der Waals surface area contributed by atoms with E-state index in [-0.39, 0.29) is 26.4 Å². The highest BCUT2D eigenvalue weighted by Gasteiger charge is 2.23. The first-order chi connectivity index (χ1) is 20.5. The molecule has 0 heterocycles. The smallest absolute Gasteiger partial charge is 0.131 e. The quantitative estimate of drug-likeness (QED) is 0.111. The van der Waals surface area contributed by atoms with Crippen LogP contribution in [0.5, 0.6) is 11.5 Å². The molecular weight excluding hydrogens is 528 g/mol. The Kier molecular flexibility index (Phi) is 15.7. The van der Waals surface area contributed by atoms with Gasteiger partial charge in [-0.05, 0) is 37.5 Å². The highest BCUT2D eigenvalue weighted by Crippen LogP contribution is 2.43. The minimum absolute atomic E-state index is 0.166. The number of hydrogen-bond donors (Lipinski definition) is 2. The summed E-state index contributed by atoms with van der Waals surface area (Å²) in [6.07, 6.45) is 13.6. The largest absolute Gasteiger partial charge is 0.490 e. The van der Waals surface area contributed by atoms with E-state index >= 15 is 0 Å². The Hall–Kier alpha value is -2.12. The van der Waals surface area contributed by atoms with E-state index in [1.807, 2.05) is 24.3 Å². The SMILES string of the molecule is CCCC(CC)CCOCC(O)COc1c2c(c(OCC(O)COCCC(CC)CCC)c3ccccc13)CC=CC2. The van der Waals surface area contributed by atoms with Gasteiger partial charge >= 0.3 is 0 Å². The molecule has 0 amide bonds. The van der Waals surface area contributed by atoms with Crippen LogP contribution in [0.3, 0.4) is 0 Å². The maximum Gasteiger partial charge on any atom is 0.131 e. The molecule has 2 aromatic carbocycles. The van der Waals surface area contributed by atoms with Crippen LogP contribution in [-0.4, -0.2) is 62.1 Å². The molecule has 3 rings (SSSR count). The molecule has 0 aliphatic heterocycles. The molecule has 0 saturated heterocycles. The van der Waals surface area contributed by atoms with Crippen molar-refractivity contribution >= 4 is 10.8 Å². The van der Waals surface area contributed by atoms with E-state index in [1.165, 1.54) is 38.5 Å². The fourth-order valence-electron chi connectivity index (χ4n) is 5.96. The average molecular weight is 585 g/mol. The number of benzene rings is 2. The molecule has 6 nitrogen and oxygen atoms in total. The van der Waals surface area contributed by atoms with Crippen LogP contribution in [0.2, 0.25) is 0 Å². The molecule has 236 valence electrons. The third-order valence-corrected chi connectivity index (χ3v) is 8.49. The summed E-state index contributed by atoms with van der Waals surface area (Å²) >= 11 is 0. The van der Waals surface area contributed by atoms with Crippen molar-refractivity contribution in [3.8, 4) is 11.5 Å². The van der Waals surface area contributed by atoms with Crippen LogP contribution >= 0.6 is 0 Å². The van der Waals surface area contributed by atoms with Crippen molar-refractivity contribution in [2.45, 2.75) is 104 Å². The second-order valence-corrected chi connectivity index (χ2v) is 11.8. The second-order valence-electron chi connectivity index (χ2n) is 11.8. The van der Waals surface area contributed by atoms with Crippen molar-refractivity contribution < 1.29 is 29.2 Å². The molecular formula is C36H56O6. The van der Waals surface area contributed by atoms with Crippen LogP contribution in [0.4, 0.5) is 0 Å². The third kappa shape index (κ3) is 10.6. The summed E-state index contributed by atoms with van der Waals surface area (Å²) in [4.78, 5) is 0. The lowest BCUT2D eigenvalue weighted by Crippen LogP contribution is -2.25. The molecule has 1 aliphatic rings. The zero-order valence-electron chi connectivity index (χ0n) is 26.6. The lowest BCUT2D eigenvalue weighted by Gasteiger charge is -2.25. The van der Waals surface area contributed by atoms with Crippen LogP contribution in [0.15, 0.2) is 36.4 Å². The molecule has 42 heavy (non-hydrogen) atoms. The monoisotopic (exact) mass is 584 g/mol. The van der Waals surface area contributed by atoms with Crippen LogP contribution in [0.1, 0.15) is 90.2 Å². The number of hydrogen-bond acceptors (Lipinski definition) is 6. The number of fused-ring (bicyclic) bond motifs is 2. The molecule has 0 saturated carbocycles. The molecule has 0 spiro atoms. The summed E-state index contributed by atoms with van der Waals surface area (Å²) in [5.41, 5.74) is 2.16. The fraction of sp³-hybridized carbons (Fsp3) is 0.667. The zero-order valence-corrected chi connectivity index (χ0v) is 26.6. The summed E-state index contributed by atoms with van der Waals surface area (Å²) in [6, 6.07) is 8.07. The summed E-state index contributed by atoms with van der Waals surface area (Å²) in [7, 11) is 0. The predicted molar refractivity (Wildman–Crippen MR) is 172 cm³/mol. The Morgan fingerprint density at radius 3 is 1.43 bits per heavy atom. The fourth-order valence-corrected chi connectivity index (χ4v) is 5.96. The second kappa shape index (κ2) is 19.2. The van der Waals surface area contributed by atoms with E-state index in [0.29, 0.717) is 25.0 Å². The number of allylic oxidation sites excluding steroid dienone is 2. The maximum atomic E-state index is 10.6. The van der Waals surface area contributed by atoms with Crippen LogP contribution in [0, 0.1) is 11.8 Å². The van der Waals surface area contributed by atoms with Gasteiger partial charge in [0, 0.05) is 35.1 Å². The lowest BCUT2D eigenvalue weighted by molar-refractivity contribution is 0.00740. The van der Waals surface area contributed by atoms with Gasteiger partial charge in [0.25, 0.3) is 0 Å². The van der Waals surface area contributed by atoms with Crippen LogP contribution in [0.25, 0.3) is 10.8 Å². The first kappa shape index (κ1) is 34.4. The highest BCUT2D eigenvalue weighted by molar-refractivity contribution is 5.96. The van der Waals surface area contributed by atoms with Gasteiger partial charge in [-0.25, -0.2) is 0 Å². The first-order valence-corrected chi connectivity index (χ1v) is 16.5. The molecule has 0 aromatic heterocycles.